The van der Waals surface area contributed by atoms with Crippen LogP contribution in [0.25, 0.3) is 68.5 Å². The van der Waals surface area contributed by atoms with Crippen LogP contribution in [0.4, 0.5) is 0 Å². The first-order valence-electron chi connectivity index (χ1n) is 21.9. The molecule has 0 fully saturated rings. The Morgan fingerprint density at radius 1 is 0.429 bits per heavy atom. The summed E-state index contributed by atoms with van der Waals surface area (Å²) >= 11 is 0. The van der Waals surface area contributed by atoms with Crippen LogP contribution < -0.4 is 4.74 Å². The van der Waals surface area contributed by atoms with E-state index in [1.165, 1.54) is 0 Å². The Kier molecular flexibility index (Phi) is 16.8. The fourth-order valence-electron chi connectivity index (χ4n) is 6.52. The van der Waals surface area contributed by atoms with Crippen molar-refractivity contribution in [1.29, 1.82) is 0 Å². The van der Waals surface area contributed by atoms with Gasteiger partial charge < -0.3 is 37.3 Å². The van der Waals surface area contributed by atoms with Crippen LogP contribution in [-0.2, 0) is 33.3 Å². The summed E-state index contributed by atoms with van der Waals surface area (Å²) in [5, 5.41) is 12.6. The fraction of sp³-hybridized carbons (Fsp3) is 0.196. The number of hydrogen-bond donors (Lipinski definition) is 0. The third-order valence-corrected chi connectivity index (χ3v) is 10.0. The van der Waals surface area contributed by atoms with Gasteiger partial charge in [-0.2, -0.15) is 15.0 Å². The highest BCUT2D eigenvalue weighted by atomic mass is 16.5. The van der Waals surface area contributed by atoms with Gasteiger partial charge in [-0.1, -0.05) is 71.6 Å². The SMILES string of the molecule is C=CC(=O)OCCCCCOC(=O)c1cccc(-c2noc(-c3cc(-c4nc(-c5cccc(OC(=O)C=C)c5)no4)cc(-c4nc(-c5cccc(C(=O)OCCCCCOC(=O)C=C)c5)no4)c3)n2)c1. The van der Waals surface area contributed by atoms with Gasteiger partial charge in [0.05, 0.1) is 37.6 Å². The molecule has 70 heavy (non-hydrogen) atoms. The molecule has 0 aliphatic carbocycles. The van der Waals surface area contributed by atoms with E-state index in [9.17, 15) is 24.0 Å². The van der Waals surface area contributed by atoms with Gasteiger partial charge in [0.15, 0.2) is 0 Å². The zero-order valence-corrected chi connectivity index (χ0v) is 37.6. The number of ether oxygens (including phenoxy) is 5. The van der Waals surface area contributed by atoms with Crippen LogP contribution in [0.15, 0.2) is 143 Å². The molecule has 0 saturated carbocycles. The number of nitrogens with zero attached hydrogens (tertiary/aromatic N) is 6. The van der Waals surface area contributed by atoms with Crippen LogP contribution in [0.5, 0.6) is 5.75 Å². The number of unbranched alkanes of at least 4 members (excludes halogenated alkanes) is 4. The zero-order valence-electron chi connectivity index (χ0n) is 37.6. The maximum absolute atomic E-state index is 13.0. The lowest BCUT2D eigenvalue weighted by Gasteiger charge is -2.06. The average molecular weight is 949 g/mol. The fourth-order valence-corrected chi connectivity index (χ4v) is 6.52. The minimum Gasteiger partial charge on any atom is -0.463 e. The third-order valence-electron chi connectivity index (χ3n) is 10.0. The molecule has 0 atom stereocenters. The molecule has 0 amide bonds. The summed E-state index contributed by atoms with van der Waals surface area (Å²) in [7, 11) is 0. The molecule has 3 aromatic heterocycles. The monoisotopic (exact) mass is 948 g/mol. The van der Waals surface area contributed by atoms with E-state index in [0.29, 0.717) is 71.9 Å². The van der Waals surface area contributed by atoms with Crippen molar-refractivity contribution in [3.8, 4) is 74.3 Å². The second kappa shape index (κ2) is 24.1. The molecule has 19 heteroatoms. The Morgan fingerprint density at radius 2 is 0.800 bits per heavy atom. The second-order valence-corrected chi connectivity index (χ2v) is 15.0. The molecular formula is C51H44N6O13. The lowest BCUT2D eigenvalue weighted by Crippen LogP contribution is -2.07. The number of carbonyl (C=O) groups excluding carboxylic acids is 5. The van der Waals surface area contributed by atoms with E-state index in [4.69, 9.17) is 37.3 Å². The lowest BCUT2D eigenvalue weighted by atomic mass is 10.0. The largest absolute Gasteiger partial charge is 0.463 e. The van der Waals surface area contributed by atoms with E-state index in [1.807, 2.05) is 0 Å². The molecule has 3 heterocycles. The average Bonchev–Trinajstić information content (AvgIpc) is 4.21. The standard InChI is InChI=1S/C51H44N6O13/c1-4-41(58)63-22-9-7-11-24-65-50(61)35-19-13-16-32(26-35)44-52-47(68-55-44)37-28-38(30-39(29-37)49-54-46(57-70-49)34-18-15-21-40(31-34)67-43(60)6-3)48-53-45(56-69-48)33-17-14-20-36(27-33)51(62)66-25-12-8-10-23-64-42(59)5-2/h4-6,13-21,26-31H,1-3,7-12,22-25H2. The predicted octanol–water partition coefficient (Wildman–Crippen LogP) is 9.04. The Balaban J connectivity index is 1.11. The van der Waals surface area contributed by atoms with Crippen molar-refractivity contribution in [3.63, 3.8) is 0 Å². The zero-order chi connectivity index (χ0) is 49.2. The summed E-state index contributed by atoms with van der Waals surface area (Å²) in [6.45, 7) is 11.0. The van der Waals surface area contributed by atoms with Crippen molar-refractivity contribution in [2.24, 2.45) is 0 Å². The van der Waals surface area contributed by atoms with E-state index in [0.717, 1.165) is 18.2 Å². The minimum absolute atomic E-state index is 0.0726. The summed E-state index contributed by atoms with van der Waals surface area (Å²) in [6, 6.07) is 24.8. The van der Waals surface area contributed by atoms with E-state index in [-0.39, 0.29) is 78.4 Å². The summed E-state index contributed by atoms with van der Waals surface area (Å²) in [6.07, 6.45) is 7.01. The molecule has 0 N–H and O–H groups in total. The van der Waals surface area contributed by atoms with Gasteiger partial charge in [0, 0.05) is 51.6 Å². The van der Waals surface area contributed by atoms with Crippen LogP contribution in [-0.4, -0.2) is 86.7 Å². The van der Waals surface area contributed by atoms with Crippen LogP contribution in [0.1, 0.15) is 59.2 Å². The van der Waals surface area contributed by atoms with Crippen LogP contribution in [0, 0.1) is 0 Å². The first kappa shape index (κ1) is 48.8. The molecule has 0 spiro atoms. The van der Waals surface area contributed by atoms with Gasteiger partial charge in [-0.25, -0.2) is 24.0 Å². The molecule has 4 aromatic carbocycles. The molecule has 356 valence electrons. The van der Waals surface area contributed by atoms with Gasteiger partial charge in [0.25, 0.3) is 17.7 Å². The molecular weight excluding hydrogens is 905 g/mol. The first-order chi connectivity index (χ1) is 34.1. The Hall–Kier alpha value is -9.13. The molecule has 7 rings (SSSR count). The molecule has 0 unspecified atom stereocenters. The Morgan fingerprint density at radius 3 is 1.20 bits per heavy atom. The number of aromatic nitrogens is 6. The minimum atomic E-state index is -0.634. The summed E-state index contributed by atoms with van der Waals surface area (Å²) in [4.78, 5) is 74.1. The van der Waals surface area contributed by atoms with Crippen molar-refractivity contribution in [1.82, 2.24) is 30.4 Å². The van der Waals surface area contributed by atoms with E-state index in [1.54, 1.807) is 91.0 Å². The molecule has 0 radical (unpaired) electrons. The Bertz CT molecular complexity index is 2880. The molecule has 0 bridgehead atoms. The number of hydrogen-bond acceptors (Lipinski definition) is 19. The van der Waals surface area contributed by atoms with Crippen LogP contribution >= 0.6 is 0 Å². The van der Waals surface area contributed by atoms with Gasteiger partial charge >= 0.3 is 29.8 Å². The summed E-state index contributed by atoms with van der Waals surface area (Å²) in [5.41, 5.74) is 3.17. The van der Waals surface area contributed by atoms with Gasteiger partial charge in [-0.15, -0.1) is 0 Å². The smallest absolute Gasteiger partial charge is 0.338 e. The van der Waals surface area contributed by atoms with Crippen molar-refractivity contribution < 1.29 is 61.2 Å². The number of benzene rings is 4. The number of carbonyl (C=O) groups is 5. The molecule has 7 aromatic rings. The van der Waals surface area contributed by atoms with E-state index >= 15 is 0 Å². The maximum Gasteiger partial charge on any atom is 0.338 e. The maximum atomic E-state index is 13.0. The highest BCUT2D eigenvalue weighted by Gasteiger charge is 2.21. The summed E-state index contributed by atoms with van der Waals surface area (Å²) in [5.74, 6) is -1.67. The lowest BCUT2D eigenvalue weighted by molar-refractivity contribution is -0.138. The highest BCUT2D eigenvalue weighted by molar-refractivity contribution is 5.91. The van der Waals surface area contributed by atoms with Gasteiger partial charge in [-0.3, -0.25) is 0 Å². The third kappa shape index (κ3) is 13.3. The molecule has 0 saturated heterocycles. The van der Waals surface area contributed by atoms with Crippen LogP contribution in [0.2, 0.25) is 0 Å². The first-order valence-corrected chi connectivity index (χ1v) is 21.9. The van der Waals surface area contributed by atoms with E-state index < -0.39 is 29.8 Å². The van der Waals surface area contributed by atoms with Crippen molar-refractivity contribution in [3.05, 3.63) is 140 Å². The van der Waals surface area contributed by atoms with Crippen LogP contribution in [0.3, 0.4) is 0 Å². The van der Waals surface area contributed by atoms with Crippen molar-refractivity contribution >= 4 is 29.8 Å². The van der Waals surface area contributed by atoms with Gasteiger partial charge in [0.1, 0.15) is 5.75 Å². The second-order valence-electron chi connectivity index (χ2n) is 15.0. The highest BCUT2D eigenvalue weighted by Crippen LogP contribution is 2.34. The Labute approximate surface area is 399 Å². The molecule has 0 aliphatic rings. The molecule has 0 aliphatic heterocycles. The van der Waals surface area contributed by atoms with Gasteiger partial charge in [0.2, 0.25) is 17.5 Å². The van der Waals surface area contributed by atoms with Crippen molar-refractivity contribution in [2.45, 2.75) is 38.5 Å². The quantitative estimate of drug-likeness (QED) is 0.0180. The van der Waals surface area contributed by atoms with Gasteiger partial charge in [-0.05, 0) is 93.1 Å². The summed E-state index contributed by atoms with van der Waals surface area (Å²) < 4.78 is 43.4. The normalized spacial score (nSPS) is 10.7. The molecule has 19 nitrogen and oxygen atoms in total. The van der Waals surface area contributed by atoms with Crippen molar-refractivity contribution in [2.75, 3.05) is 26.4 Å². The number of rotatable bonds is 24. The topological polar surface area (TPSA) is 248 Å². The predicted molar refractivity (Wildman–Crippen MR) is 249 cm³/mol. The van der Waals surface area contributed by atoms with E-state index in [2.05, 4.69) is 50.2 Å². The number of esters is 5.